The normalized spacial score (nSPS) is 14.9. The van der Waals surface area contributed by atoms with Crippen molar-refractivity contribution in [1.29, 1.82) is 0 Å². The van der Waals surface area contributed by atoms with E-state index in [0.717, 1.165) is 5.69 Å². The number of nitrogens with zero attached hydrogens (tertiary/aromatic N) is 4. The Morgan fingerprint density at radius 2 is 1.85 bits per heavy atom. The van der Waals surface area contributed by atoms with E-state index in [4.69, 9.17) is 4.74 Å². The van der Waals surface area contributed by atoms with Gasteiger partial charge in [0.1, 0.15) is 0 Å². The van der Waals surface area contributed by atoms with Gasteiger partial charge in [-0.15, -0.1) is 0 Å². The predicted octanol–water partition coefficient (Wildman–Crippen LogP) is 0.393. The molecule has 8 heteroatoms. The fraction of sp³-hybridized carbons (Fsp3) is 0.421. The van der Waals surface area contributed by atoms with Crippen molar-refractivity contribution in [3.05, 3.63) is 48.3 Å². The number of aromatic nitrogens is 2. The van der Waals surface area contributed by atoms with Gasteiger partial charge in [-0.1, -0.05) is 18.2 Å². The number of rotatable bonds is 7. The number of hydrogen-bond acceptors (Lipinski definition) is 5. The average molecular weight is 371 g/mol. The van der Waals surface area contributed by atoms with Crippen LogP contribution in [-0.4, -0.2) is 84.4 Å². The molecule has 1 aromatic heterocycles. The number of para-hydroxylation sites is 1. The SMILES string of the molecule is COCCNC(=O)CN1CCN(C(=O)c2ccn(-c3ccccc3)n2)CC1. The molecule has 144 valence electrons. The summed E-state index contributed by atoms with van der Waals surface area (Å²) in [5, 5.41) is 7.21. The van der Waals surface area contributed by atoms with E-state index >= 15 is 0 Å². The molecule has 1 aliphatic heterocycles. The zero-order valence-electron chi connectivity index (χ0n) is 15.5. The largest absolute Gasteiger partial charge is 0.383 e. The molecule has 0 spiro atoms. The molecule has 0 bridgehead atoms. The van der Waals surface area contributed by atoms with E-state index in [9.17, 15) is 9.59 Å². The summed E-state index contributed by atoms with van der Waals surface area (Å²) >= 11 is 0. The van der Waals surface area contributed by atoms with Crippen molar-refractivity contribution in [3.8, 4) is 5.69 Å². The quantitative estimate of drug-likeness (QED) is 0.713. The highest BCUT2D eigenvalue weighted by Gasteiger charge is 2.24. The lowest BCUT2D eigenvalue weighted by Gasteiger charge is -2.33. The first-order valence-electron chi connectivity index (χ1n) is 9.06. The maximum Gasteiger partial charge on any atom is 0.274 e. The molecule has 1 saturated heterocycles. The number of amides is 2. The molecule has 1 fully saturated rings. The maximum absolute atomic E-state index is 12.7. The molecule has 8 nitrogen and oxygen atoms in total. The summed E-state index contributed by atoms with van der Waals surface area (Å²) in [7, 11) is 1.60. The van der Waals surface area contributed by atoms with E-state index in [2.05, 4.69) is 15.3 Å². The van der Waals surface area contributed by atoms with Gasteiger partial charge in [-0.25, -0.2) is 4.68 Å². The first-order valence-corrected chi connectivity index (χ1v) is 9.06. The van der Waals surface area contributed by atoms with Crippen LogP contribution in [0.2, 0.25) is 0 Å². The fourth-order valence-electron chi connectivity index (χ4n) is 2.99. The van der Waals surface area contributed by atoms with E-state index in [0.29, 0.717) is 51.6 Å². The van der Waals surface area contributed by atoms with Crippen LogP contribution in [0, 0.1) is 0 Å². The number of carbonyl (C=O) groups is 2. The Morgan fingerprint density at radius 1 is 1.11 bits per heavy atom. The first-order chi connectivity index (χ1) is 13.2. The Hall–Kier alpha value is -2.71. The molecule has 1 aromatic carbocycles. The van der Waals surface area contributed by atoms with Crippen molar-refractivity contribution in [2.75, 3.05) is 53.0 Å². The van der Waals surface area contributed by atoms with Crippen LogP contribution in [-0.2, 0) is 9.53 Å². The van der Waals surface area contributed by atoms with Crippen LogP contribution in [0.1, 0.15) is 10.5 Å². The third-order valence-corrected chi connectivity index (χ3v) is 4.48. The van der Waals surface area contributed by atoms with Gasteiger partial charge in [0, 0.05) is 46.0 Å². The van der Waals surface area contributed by atoms with Crippen LogP contribution in [0.5, 0.6) is 0 Å². The van der Waals surface area contributed by atoms with Gasteiger partial charge >= 0.3 is 0 Å². The van der Waals surface area contributed by atoms with Crippen LogP contribution in [0.25, 0.3) is 5.69 Å². The second kappa shape index (κ2) is 9.29. The minimum Gasteiger partial charge on any atom is -0.383 e. The van der Waals surface area contributed by atoms with Crippen molar-refractivity contribution in [2.24, 2.45) is 0 Å². The number of methoxy groups -OCH3 is 1. The topological polar surface area (TPSA) is 79.7 Å². The van der Waals surface area contributed by atoms with Crippen LogP contribution in [0.4, 0.5) is 0 Å². The maximum atomic E-state index is 12.7. The lowest BCUT2D eigenvalue weighted by molar-refractivity contribution is -0.122. The summed E-state index contributed by atoms with van der Waals surface area (Å²) in [5.41, 5.74) is 1.35. The Kier molecular flexibility index (Phi) is 6.56. The van der Waals surface area contributed by atoms with E-state index < -0.39 is 0 Å². The van der Waals surface area contributed by atoms with Gasteiger partial charge in [0.2, 0.25) is 5.91 Å². The van der Waals surface area contributed by atoms with Gasteiger partial charge in [0.25, 0.3) is 5.91 Å². The molecule has 0 atom stereocenters. The molecule has 0 radical (unpaired) electrons. The number of ether oxygens (including phenoxy) is 1. The Morgan fingerprint density at radius 3 is 2.56 bits per heavy atom. The Balaban J connectivity index is 1.49. The number of benzene rings is 1. The third-order valence-electron chi connectivity index (χ3n) is 4.48. The van der Waals surface area contributed by atoms with Crippen LogP contribution in [0.15, 0.2) is 42.6 Å². The summed E-state index contributed by atoms with van der Waals surface area (Å²) in [6.45, 7) is 3.87. The van der Waals surface area contributed by atoms with Crippen molar-refractivity contribution in [2.45, 2.75) is 0 Å². The second-order valence-electron chi connectivity index (χ2n) is 6.39. The molecule has 2 amide bonds. The van der Waals surface area contributed by atoms with Gasteiger partial charge < -0.3 is 15.0 Å². The average Bonchev–Trinajstić information content (AvgIpc) is 3.19. The van der Waals surface area contributed by atoms with E-state index in [-0.39, 0.29) is 11.8 Å². The molecule has 0 aliphatic carbocycles. The fourth-order valence-corrected chi connectivity index (χ4v) is 2.99. The Labute approximate surface area is 158 Å². The zero-order chi connectivity index (χ0) is 19.1. The molecule has 0 saturated carbocycles. The van der Waals surface area contributed by atoms with E-state index in [1.54, 1.807) is 29.0 Å². The van der Waals surface area contributed by atoms with Gasteiger partial charge in [-0.3, -0.25) is 14.5 Å². The monoisotopic (exact) mass is 371 g/mol. The molecule has 1 aliphatic rings. The zero-order valence-corrected chi connectivity index (χ0v) is 15.5. The molecule has 2 aromatic rings. The smallest absolute Gasteiger partial charge is 0.274 e. The van der Waals surface area contributed by atoms with Gasteiger partial charge in [0.05, 0.1) is 18.8 Å². The third kappa shape index (κ3) is 5.15. The van der Waals surface area contributed by atoms with Crippen LogP contribution < -0.4 is 5.32 Å². The number of hydrogen-bond donors (Lipinski definition) is 1. The second-order valence-corrected chi connectivity index (χ2v) is 6.39. The lowest BCUT2D eigenvalue weighted by atomic mass is 10.2. The minimum atomic E-state index is -0.0751. The van der Waals surface area contributed by atoms with E-state index in [1.807, 2.05) is 30.3 Å². The summed E-state index contributed by atoms with van der Waals surface area (Å²) in [4.78, 5) is 28.4. The number of piperazine rings is 1. The van der Waals surface area contributed by atoms with Crippen molar-refractivity contribution in [1.82, 2.24) is 24.9 Å². The van der Waals surface area contributed by atoms with Crippen LogP contribution in [0.3, 0.4) is 0 Å². The Bertz CT molecular complexity index is 754. The summed E-state index contributed by atoms with van der Waals surface area (Å²) < 4.78 is 6.62. The first kappa shape index (κ1) is 19.1. The highest BCUT2D eigenvalue weighted by Crippen LogP contribution is 2.10. The number of carbonyl (C=O) groups excluding carboxylic acids is 2. The van der Waals surface area contributed by atoms with Crippen molar-refractivity contribution in [3.63, 3.8) is 0 Å². The van der Waals surface area contributed by atoms with Crippen LogP contribution >= 0.6 is 0 Å². The van der Waals surface area contributed by atoms with Gasteiger partial charge in [-0.05, 0) is 18.2 Å². The molecular weight excluding hydrogens is 346 g/mol. The van der Waals surface area contributed by atoms with Crippen molar-refractivity contribution >= 4 is 11.8 Å². The van der Waals surface area contributed by atoms with Gasteiger partial charge in [0.15, 0.2) is 5.69 Å². The molecular formula is C19H25N5O3. The highest BCUT2D eigenvalue weighted by atomic mass is 16.5. The predicted molar refractivity (Wildman–Crippen MR) is 101 cm³/mol. The summed E-state index contributed by atoms with van der Waals surface area (Å²) in [5.74, 6) is -0.0951. The molecule has 27 heavy (non-hydrogen) atoms. The van der Waals surface area contributed by atoms with Crippen molar-refractivity contribution < 1.29 is 14.3 Å². The lowest BCUT2D eigenvalue weighted by Crippen LogP contribution is -2.51. The van der Waals surface area contributed by atoms with E-state index in [1.165, 1.54) is 0 Å². The molecule has 1 N–H and O–H groups in total. The summed E-state index contributed by atoms with van der Waals surface area (Å²) in [6, 6.07) is 11.4. The minimum absolute atomic E-state index is 0.0200. The highest BCUT2D eigenvalue weighted by molar-refractivity contribution is 5.92. The summed E-state index contributed by atoms with van der Waals surface area (Å²) in [6.07, 6.45) is 1.79. The standard InChI is InChI=1S/C19H25N5O3/c1-27-14-8-20-18(25)15-22-10-12-23(13-11-22)19(26)17-7-9-24(21-17)16-5-3-2-4-6-16/h2-7,9H,8,10-15H2,1H3,(H,20,25). The molecule has 0 unspecified atom stereocenters. The van der Waals surface area contributed by atoms with Gasteiger partial charge in [-0.2, -0.15) is 5.10 Å². The number of nitrogens with one attached hydrogen (secondary N) is 1. The molecule has 2 heterocycles. The molecule has 3 rings (SSSR count).